The maximum absolute atomic E-state index is 6.24. The standard InChI is InChI=1S/C16H31N3O.HI/c1-3-13-20-16(9-5-4-6-10-16)14-18-15(17-2)19-11-7-8-12-19;/h3-14H2,1-2H3,(H,17,18);1H. The molecule has 21 heavy (non-hydrogen) atoms. The van der Waals surface area contributed by atoms with Gasteiger partial charge in [-0.15, -0.1) is 24.0 Å². The molecule has 5 heteroatoms. The van der Waals surface area contributed by atoms with Gasteiger partial charge < -0.3 is 15.0 Å². The van der Waals surface area contributed by atoms with Crippen molar-refractivity contribution in [1.82, 2.24) is 10.2 Å². The number of hydrogen-bond donors (Lipinski definition) is 1. The van der Waals surface area contributed by atoms with E-state index in [0.29, 0.717) is 0 Å². The fourth-order valence-electron chi connectivity index (χ4n) is 3.39. The summed E-state index contributed by atoms with van der Waals surface area (Å²) < 4.78 is 6.24. The van der Waals surface area contributed by atoms with Crippen LogP contribution in [0.25, 0.3) is 0 Å². The number of ether oxygens (including phenoxy) is 1. The molecule has 0 unspecified atom stereocenters. The first-order chi connectivity index (χ1) is 9.79. The number of nitrogens with one attached hydrogen (secondary N) is 1. The highest BCUT2D eigenvalue weighted by molar-refractivity contribution is 14.0. The molecule has 0 bridgehead atoms. The van der Waals surface area contributed by atoms with E-state index in [1.807, 2.05) is 7.05 Å². The second-order valence-electron chi connectivity index (χ2n) is 6.19. The lowest BCUT2D eigenvalue weighted by Crippen LogP contribution is -2.50. The third-order valence-electron chi connectivity index (χ3n) is 4.56. The second kappa shape index (κ2) is 9.87. The largest absolute Gasteiger partial charge is 0.373 e. The maximum Gasteiger partial charge on any atom is 0.193 e. The van der Waals surface area contributed by atoms with E-state index < -0.39 is 0 Å². The van der Waals surface area contributed by atoms with E-state index in [4.69, 9.17) is 4.74 Å². The van der Waals surface area contributed by atoms with Crippen molar-refractivity contribution in [3.05, 3.63) is 0 Å². The Kier molecular flexibility index (Phi) is 8.94. The Balaban J connectivity index is 0.00000220. The zero-order chi connectivity index (χ0) is 14.3. The lowest BCUT2D eigenvalue weighted by atomic mass is 9.84. The molecule has 2 aliphatic rings. The number of likely N-dealkylation sites (tertiary alicyclic amines) is 1. The van der Waals surface area contributed by atoms with Crippen molar-refractivity contribution in [3.8, 4) is 0 Å². The molecule has 0 radical (unpaired) electrons. The molecule has 1 saturated heterocycles. The van der Waals surface area contributed by atoms with Crippen molar-refractivity contribution in [1.29, 1.82) is 0 Å². The van der Waals surface area contributed by atoms with Gasteiger partial charge >= 0.3 is 0 Å². The Morgan fingerprint density at radius 2 is 1.81 bits per heavy atom. The van der Waals surface area contributed by atoms with Gasteiger partial charge in [0.05, 0.1) is 5.60 Å². The van der Waals surface area contributed by atoms with E-state index in [1.54, 1.807) is 0 Å². The Labute approximate surface area is 147 Å². The molecule has 0 spiro atoms. The van der Waals surface area contributed by atoms with Crippen LogP contribution in [0.5, 0.6) is 0 Å². The topological polar surface area (TPSA) is 36.9 Å². The average Bonchev–Trinajstić information content (AvgIpc) is 3.01. The van der Waals surface area contributed by atoms with Crippen molar-refractivity contribution in [2.75, 3.05) is 33.3 Å². The van der Waals surface area contributed by atoms with Gasteiger partial charge in [-0.1, -0.05) is 26.2 Å². The highest BCUT2D eigenvalue weighted by Gasteiger charge is 2.33. The Morgan fingerprint density at radius 1 is 1.14 bits per heavy atom. The molecule has 0 atom stereocenters. The van der Waals surface area contributed by atoms with Crippen LogP contribution in [0.15, 0.2) is 4.99 Å². The summed E-state index contributed by atoms with van der Waals surface area (Å²) in [7, 11) is 1.89. The molecular weight excluding hydrogens is 377 g/mol. The molecule has 2 fully saturated rings. The van der Waals surface area contributed by atoms with Crippen LogP contribution in [0.1, 0.15) is 58.3 Å². The van der Waals surface area contributed by atoms with E-state index in [2.05, 4.69) is 22.1 Å². The van der Waals surface area contributed by atoms with Crippen LogP contribution in [0.3, 0.4) is 0 Å². The van der Waals surface area contributed by atoms with Gasteiger partial charge in [-0.25, -0.2) is 0 Å². The minimum atomic E-state index is 0. The lowest BCUT2D eigenvalue weighted by Gasteiger charge is -2.38. The van der Waals surface area contributed by atoms with Crippen molar-refractivity contribution < 1.29 is 4.74 Å². The van der Waals surface area contributed by atoms with E-state index in [0.717, 1.165) is 38.6 Å². The molecule has 4 nitrogen and oxygen atoms in total. The smallest absolute Gasteiger partial charge is 0.193 e. The lowest BCUT2D eigenvalue weighted by molar-refractivity contribution is -0.0659. The summed E-state index contributed by atoms with van der Waals surface area (Å²) >= 11 is 0. The molecule has 1 heterocycles. The highest BCUT2D eigenvalue weighted by atomic mass is 127. The van der Waals surface area contributed by atoms with Crippen LogP contribution in [0.2, 0.25) is 0 Å². The summed E-state index contributed by atoms with van der Waals surface area (Å²) in [6.45, 7) is 6.26. The van der Waals surface area contributed by atoms with Crippen LogP contribution in [-0.2, 0) is 4.74 Å². The summed E-state index contributed by atoms with van der Waals surface area (Å²) in [4.78, 5) is 6.81. The third kappa shape index (κ3) is 5.58. The van der Waals surface area contributed by atoms with Crippen LogP contribution in [-0.4, -0.2) is 49.7 Å². The van der Waals surface area contributed by atoms with Crippen molar-refractivity contribution in [2.24, 2.45) is 4.99 Å². The summed E-state index contributed by atoms with van der Waals surface area (Å²) in [6.07, 6.45) is 10.0. The summed E-state index contributed by atoms with van der Waals surface area (Å²) in [5.74, 6) is 1.06. The summed E-state index contributed by atoms with van der Waals surface area (Å²) in [5.41, 5.74) is 0.0456. The molecule has 0 amide bonds. The molecule has 124 valence electrons. The van der Waals surface area contributed by atoms with Gasteiger partial charge in [-0.2, -0.15) is 0 Å². The normalized spacial score (nSPS) is 22.0. The number of rotatable bonds is 5. The molecule has 1 saturated carbocycles. The molecular formula is C16H32IN3O. The maximum atomic E-state index is 6.24. The molecule has 0 aromatic carbocycles. The minimum absolute atomic E-state index is 0. The van der Waals surface area contributed by atoms with Crippen molar-refractivity contribution >= 4 is 29.9 Å². The first kappa shape index (κ1) is 19.0. The number of nitrogens with zero attached hydrogens (tertiary/aromatic N) is 2. The third-order valence-corrected chi connectivity index (χ3v) is 4.56. The van der Waals surface area contributed by atoms with Gasteiger partial charge in [0.2, 0.25) is 0 Å². The van der Waals surface area contributed by atoms with Crippen LogP contribution in [0, 0.1) is 0 Å². The second-order valence-corrected chi connectivity index (χ2v) is 6.19. The first-order valence-corrected chi connectivity index (χ1v) is 8.39. The first-order valence-electron chi connectivity index (χ1n) is 8.39. The predicted molar refractivity (Wildman–Crippen MR) is 99.6 cm³/mol. The van der Waals surface area contributed by atoms with Crippen LogP contribution >= 0.6 is 24.0 Å². The van der Waals surface area contributed by atoms with Gasteiger partial charge in [0, 0.05) is 33.3 Å². The van der Waals surface area contributed by atoms with Crippen LogP contribution in [0.4, 0.5) is 0 Å². The Morgan fingerprint density at radius 3 is 2.38 bits per heavy atom. The monoisotopic (exact) mass is 409 g/mol. The van der Waals surface area contributed by atoms with E-state index in [1.165, 1.54) is 44.9 Å². The number of aliphatic imine (C=N–C) groups is 1. The van der Waals surface area contributed by atoms with Gasteiger partial charge in [-0.05, 0) is 32.1 Å². The predicted octanol–water partition coefficient (Wildman–Crippen LogP) is 3.41. The van der Waals surface area contributed by atoms with Gasteiger partial charge in [0.1, 0.15) is 0 Å². The van der Waals surface area contributed by atoms with E-state index in [9.17, 15) is 0 Å². The molecule has 1 aliphatic carbocycles. The highest BCUT2D eigenvalue weighted by Crippen LogP contribution is 2.31. The van der Waals surface area contributed by atoms with Crippen molar-refractivity contribution in [3.63, 3.8) is 0 Å². The number of guanidine groups is 1. The average molecular weight is 409 g/mol. The zero-order valence-electron chi connectivity index (χ0n) is 13.7. The summed E-state index contributed by atoms with van der Waals surface area (Å²) in [6, 6.07) is 0. The zero-order valence-corrected chi connectivity index (χ0v) is 16.0. The number of hydrogen-bond acceptors (Lipinski definition) is 2. The van der Waals surface area contributed by atoms with Crippen molar-refractivity contribution in [2.45, 2.75) is 63.9 Å². The van der Waals surface area contributed by atoms with Gasteiger partial charge in [0.25, 0.3) is 0 Å². The molecule has 0 aromatic heterocycles. The quantitative estimate of drug-likeness (QED) is 0.430. The molecule has 0 aromatic rings. The molecule has 1 aliphatic heterocycles. The number of halogens is 1. The van der Waals surface area contributed by atoms with E-state index >= 15 is 0 Å². The summed E-state index contributed by atoms with van der Waals surface area (Å²) in [5, 5.41) is 3.58. The Hall–Kier alpha value is -0.0400. The fourth-order valence-corrected chi connectivity index (χ4v) is 3.39. The molecule has 2 rings (SSSR count). The SMILES string of the molecule is CCCOC1(CNC(=NC)N2CCCC2)CCCCC1.I. The van der Waals surface area contributed by atoms with Crippen LogP contribution < -0.4 is 5.32 Å². The Bertz CT molecular complexity index is 311. The minimum Gasteiger partial charge on any atom is -0.373 e. The van der Waals surface area contributed by atoms with Gasteiger partial charge in [0.15, 0.2) is 5.96 Å². The van der Waals surface area contributed by atoms with Gasteiger partial charge in [-0.3, -0.25) is 4.99 Å². The fraction of sp³-hybridized carbons (Fsp3) is 0.938. The van der Waals surface area contributed by atoms with E-state index in [-0.39, 0.29) is 29.6 Å². The molecule has 1 N–H and O–H groups in total.